The van der Waals surface area contributed by atoms with E-state index in [1.807, 2.05) is 43.8 Å². The van der Waals surface area contributed by atoms with Gasteiger partial charge in [-0.3, -0.25) is 4.79 Å². The molecule has 0 aliphatic heterocycles. The van der Waals surface area contributed by atoms with E-state index in [9.17, 15) is 9.90 Å². The van der Waals surface area contributed by atoms with Crippen molar-refractivity contribution < 1.29 is 9.90 Å². The SMILES string of the molecule is Cn1cc([C@H]2[C@H](C(=O)O)C2(C)C)c2cccnc21. The molecule has 0 amide bonds. The number of hydrogen-bond donors (Lipinski definition) is 1. The summed E-state index contributed by atoms with van der Waals surface area (Å²) in [6.45, 7) is 4.04. The van der Waals surface area contributed by atoms with Crippen molar-refractivity contribution in [2.24, 2.45) is 18.4 Å². The maximum absolute atomic E-state index is 11.3. The minimum Gasteiger partial charge on any atom is -0.481 e. The molecule has 94 valence electrons. The number of hydrogen-bond acceptors (Lipinski definition) is 2. The van der Waals surface area contributed by atoms with Gasteiger partial charge in [0.1, 0.15) is 5.65 Å². The van der Waals surface area contributed by atoms with E-state index < -0.39 is 5.97 Å². The highest BCUT2D eigenvalue weighted by molar-refractivity contribution is 5.85. The highest BCUT2D eigenvalue weighted by atomic mass is 16.4. The number of carbonyl (C=O) groups is 1. The summed E-state index contributed by atoms with van der Waals surface area (Å²) in [6.07, 6.45) is 3.78. The molecule has 0 radical (unpaired) electrons. The summed E-state index contributed by atoms with van der Waals surface area (Å²) in [6, 6.07) is 3.92. The molecule has 0 saturated heterocycles. The third-order valence-corrected chi connectivity index (χ3v) is 4.19. The van der Waals surface area contributed by atoms with Crippen LogP contribution in [0.5, 0.6) is 0 Å². The fourth-order valence-corrected chi connectivity index (χ4v) is 3.17. The molecule has 1 N–H and O–H groups in total. The lowest BCUT2D eigenvalue weighted by Gasteiger charge is -2.00. The molecule has 3 rings (SSSR count). The van der Waals surface area contributed by atoms with E-state index in [1.54, 1.807) is 6.20 Å². The smallest absolute Gasteiger partial charge is 0.307 e. The van der Waals surface area contributed by atoms with Gasteiger partial charge in [-0.15, -0.1) is 0 Å². The van der Waals surface area contributed by atoms with Crippen LogP contribution in [0.1, 0.15) is 25.3 Å². The summed E-state index contributed by atoms with van der Waals surface area (Å²) in [5.41, 5.74) is 1.85. The Morgan fingerprint density at radius 1 is 1.50 bits per heavy atom. The number of fused-ring (bicyclic) bond motifs is 1. The maximum atomic E-state index is 11.3. The van der Waals surface area contributed by atoms with Crippen molar-refractivity contribution in [2.45, 2.75) is 19.8 Å². The molecule has 1 aliphatic rings. The van der Waals surface area contributed by atoms with E-state index in [0.717, 1.165) is 16.6 Å². The normalized spacial score (nSPS) is 25.3. The molecule has 2 aromatic rings. The lowest BCUT2D eigenvalue weighted by Crippen LogP contribution is -2.03. The molecule has 0 aromatic carbocycles. The first-order chi connectivity index (χ1) is 8.44. The molecule has 1 fully saturated rings. The van der Waals surface area contributed by atoms with Crippen molar-refractivity contribution in [3.05, 3.63) is 30.1 Å². The standard InChI is InChI=1S/C14H16N2O2/c1-14(2)10(11(14)13(17)18)9-7-16(3)12-8(9)5-4-6-15-12/h4-7,10-11H,1-3H3,(H,17,18)/t10-,11+/m0/s1. The molecule has 4 heteroatoms. The van der Waals surface area contributed by atoms with Gasteiger partial charge in [0.25, 0.3) is 0 Å². The van der Waals surface area contributed by atoms with Crippen LogP contribution >= 0.6 is 0 Å². The van der Waals surface area contributed by atoms with Gasteiger partial charge < -0.3 is 9.67 Å². The first-order valence-electron chi connectivity index (χ1n) is 6.07. The monoisotopic (exact) mass is 244 g/mol. The van der Waals surface area contributed by atoms with Crippen molar-refractivity contribution in [3.8, 4) is 0 Å². The summed E-state index contributed by atoms with van der Waals surface area (Å²) < 4.78 is 1.97. The Morgan fingerprint density at radius 3 is 2.83 bits per heavy atom. The number of aromatic nitrogens is 2. The fraction of sp³-hybridized carbons (Fsp3) is 0.429. The highest BCUT2D eigenvalue weighted by Crippen LogP contribution is 2.65. The molecule has 0 unspecified atom stereocenters. The van der Waals surface area contributed by atoms with Gasteiger partial charge in [0.15, 0.2) is 0 Å². The largest absolute Gasteiger partial charge is 0.481 e. The van der Waals surface area contributed by atoms with Crippen LogP contribution in [0, 0.1) is 11.3 Å². The van der Waals surface area contributed by atoms with Gasteiger partial charge in [-0.25, -0.2) is 4.98 Å². The quantitative estimate of drug-likeness (QED) is 0.882. The topological polar surface area (TPSA) is 55.1 Å². The minimum atomic E-state index is -0.703. The second-order valence-corrected chi connectivity index (χ2v) is 5.68. The van der Waals surface area contributed by atoms with E-state index >= 15 is 0 Å². The Balaban J connectivity index is 2.15. The van der Waals surface area contributed by atoms with Gasteiger partial charge in [0.2, 0.25) is 0 Å². The summed E-state index contributed by atoms with van der Waals surface area (Å²) in [7, 11) is 1.95. The maximum Gasteiger partial charge on any atom is 0.307 e. The van der Waals surface area contributed by atoms with Gasteiger partial charge in [0, 0.05) is 30.7 Å². The molecule has 2 atom stereocenters. The van der Waals surface area contributed by atoms with Crippen LogP contribution in [0.3, 0.4) is 0 Å². The Morgan fingerprint density at radius 2 is 2.22 bits per heavy atom. The van der Waals surface area contributed by atoms with Gasteiger partial charge in [-0.2, -0.15) is 0 Å². The van der Waals surface area contributed by atoms with Crippen LogP contribution in [-0.2, 0) is 11.8 Å². The fourth-order valence-electron chi connectivity index (χ4n) is 3.17. The number of pyridine rings is 1. The lowest BCUT2D eigenvalue weighted by molar-refractivity contribution is -0.139. The second-order valence-electron chi connectivity index (χ2n) is 5.68. The number of nitrogens with zero attached hydrogens (tertiary/aromatic N) is 2. The van der Waals surface area contributed by atoms with E-state index in [4.69, 9.17) is 0 Å². The average Bonchev–Trinajstić information content (AvgIpc) is 2.73. The summed E-state index contributed by atoms with van der Waals surface area (Å²) in [5, 5.41) is 10.3. The summed E-state index contributed by atoms with van der Waals surface area (Å²) in [4.78, 5) is 15.6. The van der Waals surface area contributed by atoms with Crippen molar-refractivity contribution >= 4 is 17.0 Å². The van der Waals surface area contributed by atoms with Crippen LogP contribution in [0.2, 0.25) is 0 Å². The Hall–Kier alpha value is -1.84. The van der Waals surface area contributed by atoms with Crippen molar-refractivity contribution in [1.29, 1.82) is 0 Å². The lowest BCUT2D eigenvalue weighted by atomic mass is 10.0. The molecular formula is C14H16N2O2. The third kappa shape index (κ3) is 1.32. The molecule has 18 heavy (non-hydrogen) atoms. The van der Waals surface area contributed by atoms with Crippen LogP contribution < -0.4 is 0 Å². The van der Waals surface area contributed by atoms with Gasteiger partial charge in [-0.05, 0) is 23.1 Å². The number of rotatable bonds is 2. The highest BCUT2D eigenvalue weighted by Gasteiger charge is 2.63. The molecule has 0 bridgehead atoms. The van der Waals surface area contributed by atoms with Crippen molar-refractivity contribution in [2.75, 3.05) is 0 Å². The predicted octanol–water partition coefficient (Wildman–Crippen LogP) is 2.40. The molecular weight excluding hydrogens is 228 g/mol. The zero-order valence-corrected chi connectivity index (χ0v) is 10.7. The van der Waals surface area contributed by atoms with Gasteiger partial charge >= 0.3 is 5.97 Å². The summed E-state index contributed by atoms with van der Waals surface area (Å²) >= 11 is 0. The number of aliphatic carboxylic acids is 1. The van der Waals surface area contributed by atoms with E-state index in [0.29, 0.717) is 0 Å². The number of carboxylic acids is 1. The van der Waals surface area contributed by atoms with Crippen molar-refractivity contribution in [3.63, 3.8) is 0 Å². The van der Waals surface area contributed by atoms with Gasteiger partial charge in [0.05, 0.1) is 5.92 Å². The number of aryl methyl sites for hydroxylation is 1. The Labute approximate surface area is 105 Å². The molecule has 2 heterocycles. The van der Waals surface area contributed by atoms with E-state index in [-0.39, 0.29) is 17.3 Å². The molecule has 1 saturated carbocycles. The van der Waals surface area contributed by atoms with Crippen LogP contribution in [0.25, 0.3) is 11.0 Å². The number of carboxylic acid groups (broad SMARTS) is 1. The first kappa shape index (κ1) is 11.3. The first-order valence-corrected chi connectivity index (χ1v) is 6.07. The third-order valence-electron chi connectivity index (χ3n) is 4.19. The van der Waals surface area contributed by atoms with E-state index in [1.165, 1.54) is 0 Å². The molecule has 2 aromatic heterocycles. The Bertz CT molecular complexity index is 642. The van der Waals surface area contributed by atoms with Crippen LogP contribution in [0.4, 0.5) is 0 Å². The zero-order valence-electron chi connectivity index (χ0n) is 10.7. The Kier molecular flexibility index (Phi) is 2.09. The molecule has 4 nitrogen and oxygen atoms in total. The second kappa shape index (κ2) is 3.34. The average molecular weight is 244 g/mol. The minimum absolute atomic E-state index is 0.0860. The van der Waals surface area contributed by atoms with Crippen molar-refractivity contribution in [1.82, 2.24) is 9.55 Å². The van der Waals surface area contributed by atoms with Gasteiger partial charge in [-0.1, -0.05) is 13.8 Å². The zero-order chi connectivity index (χ0) is 13.1. The predicted molar refractivity (Wildman–Crippen MR) is 68.4 cm³/mol. The van der Waals surface area contributed by atoms with E-state index in [2.05, 4.69) is 4.98 Å². The molecule has 1 aliphatic carbocycles. The van der Waals surface area contributed by atoms with Crippen LogP contribution in [-0.4, -0.2) is 20.6 Å². The summed E-state index contributed by atoms with van der Waals surface area (Å²) in [5.74, 6) is -0.905. The molecule has 0 spiro atoms. The van der Waals surface area contributed by atoms with Crippen LogP contribution in [0.15, 0.2) is 24.5 Å².